The van der Waals surface area contributed by atoms with Crippen LogP contribution in [0.3, 0.4) is 0 Å². The summed E-state index contributed by atoms with van der Waals surface area (Å²) in [6.45, 7) is 5.31. The molecule has 0 saturated carbocycles. The van der Waals surface area contributed by atoms with Gasteiger partial charge in [-0.15, -0.1) is 0 Å². The van der Waals surface area contributed by atoms with Crippen molar-refractivity contribution in [3.63, 3.8) is 0 Å². The van der Waals surface area contributed by atoms with Crippen molar-refractivity contribution < 1.29 is 4.42 Å². The van der Waals surface area contributed by atoms with Crippen molar-refractivity contribution >= 4 is 21.7 Å². The van der Waals surface area contributed by atoms with E-state index in [-0.39, 0.29) is 0 Å². The van der Waals surface area contributed by atoms with E-state index in [0.29, 0.717) is 6.04 Å². The van der Waals surface area contributed by atoms with Crippen LogP contribution in [0.1, 0.15) is 38.5 Å². The van der Waals surface area contributed by atoms with Gasteiger partial charge < -0.3 is 9.73 Å². The van der Waals surface area contributed by atoms with Crippen LogP contribution >= 0.6 is 0 Å². The SMILES string of the molecule is CCCC(NCC)c1cc2ccc3ccccc3c2o1. The van der Waals surface area contributed by atoms with Crippen LogP contribution in [0.2, 0.25) is 0 Å². The first-order valence-electron chi connectivity index (χ1n) is 7.48. The van der Waals surface area contributed by atoms with E-state index in [9.17, 15) is 0 Å². The summed E-state index contributed by atoms with van der Waals surface area (Å²) in [5, 5.41) is 7.14. The predicted molar refractivity (Wildman–Crippen MR) is 85.0 cm³/mol. The summed E-state index contributed by atoms with van der Waals surface area (Å²) in [7, 11) is 0. The predicted octanol–water partition coefficient (Wildman–Crippen LogP) is 5.04. The number of benzene rings is 2. The zero-order chi connectivity index (χ0) is 13.9. The standard InChI is InChI=1S/C18H21NO/c1-3-7-16(19-4-2)17-12-14-11-10-13-8-5-6-9-15(13)18(14)20-17/h5-6,8-12,16,19H,3-4,7H2,1-2H3. The lowest BCUT2D eigenvalue weighted by atomic mass is 10.1. The maximum absolute atomic E-state index is 6.19. The topological polar surface area (TPSA) is 25.2 Å². The second-order valence-corrected chi connectivity index (χ2v) is 5.25. The molecule has 0 bridgehead atoms. The smallest absolute Gasteiger partial charge is 0.142 e. The molecule has 0 aliphatic heterocycles. The normalized spacial score (nSPS) is 13.1. The Hall–Kier alpha value is -1.80. The molecule has 3 aromatic rings. The minimum Gasteiger partial charge on any atom is -0.459 e. The Labute approximate surface area is 119 Å². The van der Waals surface area contributed by atoms with Gasteiger partial charge in [-0.25, -0.2) is 0 Å². The third kappa shape index (κ3) is 2.32. The van der Waals surface area contributed by atoms with E-state index < -0.39 is 0 Å². The summed E-state index contributed by atoms with van der Waals surface area (Å²) in [4.78, 5) is 0. The van der Waals surface area contributed by atoms with Crippen LogP contribution in [-0.2, 0) is 0 Å². The zero-order valence-electron chi connectivity index (χ0n) is 12.1. The molecule has 0 fully saturated rings. The van der Waals surface area contributed by atoms with Gasteiger partial charge >= 0.3 is 0 Å². The van der Waals surface area contributed by atoms with Crippen molar-refractivity contribution in [3.8, 4) is 0 Å². The fraction of sp³-hybridized carbons (Fsp3) is 0.333. The van der Waals surface area contributed by atoms with Gasteiger partial charge in [0.25, 0.3) is 0 Å². The van der Waals surface area contributed by atoms with Crippen molar-refractivity contribution in [2.45, 2.75) is 32.7 Å². The molecule has 0 spiro atoms. The molecule has 2 heteroatoms. The average Bonchev–Trinajstić information content (AvgIpc) is 2.91. The molecule has 3 rings (SSSR count). The van der Waals surface area contributed by atoms with Crippen LogP contribution < -0.4 is 5.32 Å². The first-order chi connectivity index (χ1) is 9.83. The maximum atomic E-state index is 6.19. The lowest BCUT2D eigenvalue weighted by Gasteiger charge is -2.13. The van der Waals surface area contributed by atoms with Gasteiger partial charge in [-0.1, -0.05) is 56.7 Å². The maximum Gasteiger partial charge on any atom is 0.142 e. The van der Waals surface area contributed by atoms with Crippen molar-refractivity contribution in [3.05, 3.63) is 48.2 Å². The van der Waals surface area contributed by atoms with Crippen molar-refractivity contribution in [1.29, 1.82) is 0 Å². The van der Waals surface area contributed by atoms with Gasteiger partial charge in [-0.3, -0.25) is 0 Å². The van der Waals surface area contributed by atoms with Gasteiger partial charge in [-0.05, 0) is 24.4 Å². The molecule has 2 aromatic carbocycles. The summed E-state index contributed by atoms with van der Waals surface area (Å²) in [6, 6.07) is 15.2. The van der Waals surface area contributed by atoms with Crippen molar-refractivity contribution in [2.75, 3.05) is 6.54 Å². The Morgan fingerprint density at radius 2 is 1.85 bits per heavy atom. The highest BCUT2D eigenvalue weighted by atomic mass is 16.3. The van der Waals surface area contributed by atoms with Gasteiger partial charge in [0, 0.05) is 10.8 Å². The van der Waals surface area contributed by atoms with E-state index in [1.54, 1.807) is 0 Å². The molecule has 1 N–H and O–H groups in total. The van der Waals surface area contributed by atoms with Crippen LogP contribution in [0.25, 0.3) is 21.7 Å². The largest absolute Gasteiger partial charge is 0.459 e. The monoisotopic (exact) mass is 267 g/mol. The van der Waals surface area contributed by atoms with Gasteiger partial charge in [0.15, 0.2) is 0 Å². The fourth-order valence-electron chi connectivity index (χ4n) is 2.84. The van der Waals surface area contributed by atoms with Crippen molar-refractivity contribution in [2.24, 2.45) is 0 Å². The summed E-state index contributed by atoms with van der Waals surface area (Å²) in [5.74, 6) is 1.06. The zero-order valence-corrected chi connectivity index (χ0v) is 12.1. The first kappa shape index (κ1) is 13.2. The minimum atomic E-state index is 0.316. The quantitative estimate of drug-likeness (QED) is 0.700. The highest BCUT2D eigenvalue weighted by Gasteiger charge is 2.15. The Morgan fingerprint density at radius 3 is 2.65 bits per heavy atom. The molecule has 1 unspecified atom stereocenters. The summed E-state index contributed by atoms with van der Waals surface area (Å²) < 4.78 is 6.19. The molecule has 0 radical (unpaired) electrons. The first-order valence-corrected chi connectivity index (χ1v) is 7.48. The fourth-order valence-corrected chi connectivity index (χ4v) is 2.84. The number of fused-ring (bicyclic) bond motifs is 3. The van der Waals surface area contributed by atoms with Gasteiger partial charge in [0.1, 0.15) is 11.3 Å². The average molecular weight is 267 g/mol. The molecule has 1 heterocycles. The van der Waals surface area contributed by atoms with E-state index in [1.165, 1.54) is 16.2 Å². The van der Waals surface area contributed by atoms with Crippen molar-refractivity contribution in [1.82, 2.24) is 5.32 Å². The molecule has 1 atom stereocenters. The summed E-state index contributed by atoms with van der Waals surface area (Å²) >= 11 is 0. The second kappa shape index (κ2) is 5.68. The van der Waals surface area contributed by atoms with Crippen LogP contribution in [0.5, 0.6) is 0 Å². The van der Waals surface area contributed by atoms with E-state index in [0.717, 1.165) is 30.7 Å². The van der Waals surface area contributed by atoms with E-state index in [1.807, 2.05) is 0 Å². The lowest BCUT2D eigenvalue weighted by Crippen LogP contribution is -2.20. The molecule has 1 aromatic heterocycles. The number of hydrogen-bond donors (Lipinski definition) is 1. The molecule has 0 aliphatic rings. The Bertz CT molecular complexity index is 708. The van der Waals surface area contributed by atoms with Crippen LogP contribution in [0.4, 0.5) is 0 Å². The molecule has 20 heavy (non-hydrogen) atoms. The third-order valence-electron chi connectivity index (χ3n) is 3.80. The molecular weight excluding hydrogens is 246 g/mol. The van der Waals surface area contributed by atoms with Crippen LogP contribution in [0.15, 0.2) is 46.9 Å². The summed E-state index contributed by atoms with van der Waals surface area (Å²) in [6.07, 6.45) is 2.25. The molecule has 104 valence electrons. The minimum absolute atomic E-state index is 0.316. The van der Waals surface area contributed by atoms with Gasteiger partial charge in [-0.2, -0.15) is 0 Å². The Balaban J connectivity index is 2.11. The van der Waals surface area contributed by atoms with Crippen LogP contribution in [0, 0.1) is 0 Å². The third-order valence-corrected chi connectivity index (χ3v) is 3.80. The second-order valence-electron chi connectivity index (χ2n) is 5.25. The molecular formula is C18H21NO. The summed E-state index contributed by atoms with van der Waals surface area (Å²) in [5.41, 5.74) is 1.01. The van der Waals surface area contributed by atoms with Gasteiger partial charge in [0.05, 0.1) is 6.04 Å². The molecule has 2 nitrogen and oxygen atoms in total. The number of nitrogens with one attached hydrogen (secondary N) is 1. The number of rotatable bonds is 5. The Kier molecular flexibility index (Phi) is 3.75. The van der Waals surface area contributed by atoms with Crippen LogP contribution in [-0.4, -0.2) is 6.54 Å². The van der Waals surface area contributed by atoms with E-state index in [2.05, 4.69) is 61.6 Å². The Morgan fingerprint density at radius 1 is 1.05 bits per heavy atom. The van der Waals surface area contributed by atoms with E-state index >= 15 is 0 Å². The number of furan rings is 1. The highest BCUT2D eigenvalue weighted by molar-refractivity contribution is 6.04. The molecule has 0 saturated heterocycles. The molecule has 0 amide bonds. The lowest BCUT2D eigenvalue weighted by molar-refractivity contribution is 0.415. The molecule has 0 aliphatic carbocycles. The number of hydrogen-bond acceptors (Lipinski definition) is 2. The van der Waals surface area contributed by atoms with Gasteiger partial charge in [0.2, 0.25) is 0 Å². The highest BCUT2D eigenvalue weighted by Crippen LogP contribution is 2.31. The van der Waals surface area contributed by atoms with E-state index in [4.69, 9.17) is 4.42 Å².